The molecule has 1 N–H and O–H groups in total. The number of nitrogens with one attached hydrogen (secondary N) is 1. The number of hydrogen-bond donors (Lipinski definition) is 1. The summed E-state index contributed by atoms with van der Waals surface area (Å²) in [7, 11) is 0. The summed E-state index contributed by atoms with van der Waals surface area (Å²) in [6.45, 7) is 1.05. The van der Waals surface area contributed by atoms with Crippen LogP contribution in [0.1, 0.15) is 0 Å². The topological polar surface area (TPSA) is 12.0 Å². The molecule has 0 radical (unpaired) electrons. The summed E-state index contributed by atoms with van der Waals surface area (Å²) in [5.74, 6) is -2.93. The third-order valence-electron chi connectivity index (χ3n) is 2.09. The van der Waals surface area contributed by atoms with Gasteiger partial charge >= 0.3 is 0 Å². The van der Waals surface area contributed by atoms with Gasteiger partial charge in [-0.1, -0.05) is 0 Å². The van der Waals surface area contributed by atoms with Crippen LogP contribution in [0.25, 0.3) is 0 Å². The first-order valence-electron chi connectivity index (χ1n) is 2.81. The van der Waals surface area contributed by atoms with Gasteiger partial charge in [0.2, 0.25) is 0 Å². The second kappa shape index (κ2) is 1.05. The molecular formula is C5H7F2N. The molecule has 0 aromatic heterocycles. The van der Waals surface area contributed by atoms with Crippen LogP contribution in [-0.4, -0.2) is 19.0 Å². The van der Waals surface area contributed by atoms with E-state index in [1.165, 1.54) is 0 Å². The molecule has 2 atom stereocenters. The minimum absolute atomic E-state index is 0.317. The van der Waals surface area contributed by atoms with Gasteiger partial charge in [0.15, 0.2) is 0 Å². The molecule has 1 aliphatic heterocycles. The highest BCUT2D eigenvalue weighted by Crippen LogP contribution is 2.56. The van der Waals surface area contributed by atoms with Crippen molar-refractivity contribution in [1.82, 2.24) is 5.32 Å². The Bertz CT molecular complexity index is 112. The molecule has 1 nitrogen and oxygen atoms in total. The summed E-state index contributed by atoms with van der Waals surface area (Å²) in [5.41, 5.74) is 0. The van der Waals surface area contributed by atoms with Crippen molar-refractivity contribution >= 4 is 0 Å². The van der Waals surface area contributed by atoms with Gasteiger partial charge in [0.05, 0.1) is 0 Å². The van der Waals surface area contributed by atoms with Crippen molar-refractivity contribution in [2.24, 2.45) is 11.8 Å². The molecule has 2 fully saturated rings. The van der Waals surface area contributed by atoms with Crippen molar-refractivity contribution in [2.75, 3.05) is 13.1 Å². The van der Waals surface area contributed by atoms with E-state index in [1.54, 1.807) is 0 Å². The van der Waals surface area contributed by atoms with Gasteiger partial charge in [-0.15, -0.1) is 0 Å². The Hall–Kier alpha value is -0.180. The molecule has 46 valence electrons. The highest BCUT2D eigenvalue weighted by Gasteiger charge is 2.69. The molecule has 0 unspecified atom stereocenters. The highest BCUT2D eigenvalue weighted by atomic mass is 19.3. The zero-order valence-electron chi connectivity index (χ0n) is 4.32. The standard InChI is InChI=1S/C5H7F2N/c6-5(7)3-1-8-2-4(3)5/h3-4,8H,1-2H2/t3-,4-/m1/s1. The van der Waals surface area contributed by atoms with E-state index in [-0.39, 0.29) is 11.8 Å². The summed E-state index contributed by atoms with van der Waals surface area (Å²) in [6, 6.07) is 0. The Kier molecular flexibility index (Phi) is 0.615. The van der Waals surface area contributed by atoms with Crippen molar-refractivity contribution in [3.63, 3.8) is 0 Å². The molecule has 1 saturated heterocycles. The maximum absolute atomic E-state index is 12.2. The smallest absolute Gasteiger partial charge is 0.257 e. The van der Waals surface area contributed by atoms with Crippen molar-refractivity contribution in [1.29, 1.82) is 0 Å². The zero-order valence-corrected chi connectivity index (χ0v) is 4.32. The number of fused-ring (bicyclic) bond motifs is 1. The first-order valence-corrected chi connectivity index (χ1v) is 2.81. The predicted octanol–water partition coefficient (Wildman–Crippen LogP) is 0.471. The second-order valence-corrected chi connectivity index (χ2v) is 2.55. The maximum atomic E-state index is 12.2. The lowest BCUT2D eigenvalue weighted by atomic mass is 10.4. The average molecular weight is 119 g/mol. The van der Waals surface area contributed by atoms with Gasteiger partial charge in [-0.05, 0) is 0 Å². The minimum Gasteiger partial charge on any atom is -0.316 e. The maximum Gasteiger partial charge on any atom is 0.257 e. The Balaban J connectivity index is 2.13. The van der Waals surface area contributed by atoms with E-state index in [2.05, 4.69) is 5.32 Å². The van der Waals surface area contributed by atoms with Crippen LogP contribution < -0.4 is 5.32 Å². The van der Waals surface area contributed by atoms with Gasteiger partial charge in [0.1, 0.15) is 0 Å². The molecule has 1 saturated carbocycles. The number of halogens is 2. The molecule has 3 heteroatoms. The summed E-state index contributed by atoms with van der Waals surface area (Å²) in [4.78, 5) is 0. The Labute approximate surface area is 46.1 Å². The largest absolute Gasteiger partial charge is 0.316 e. The van der Waals surface area contributed by atoms with Gasteiger partial charge in [0.25, 0.3) is 5.92 Å². The third kappa shape index (κ3) is 0.344. The van der Waals surface area contributed by atoms with Gasteiger partial charge in [-0.2, -0.15) is 0 Å². The lowest BCUT2D eigenvalue weighted by molar-refractivity contribution is 0.0763. The Morgan fingerprint density at radius 3 is 2.00 bits per heavy atom. The van der Waals surface area contributed by atoms with Gasteiger partial charge in [-0.25, -0.2) is 8.78 Å². The van der Waals surface area contributed by atoms with E-state index in [9.17, 15) is 8.78 Å². The van der Waals surface area contributed by atoms with Crippen LogP contribution in [0.2, 0.25) is 0 Å². The summed E-state index contributed by atoms with van der Waals surface area (Å²) in [6.07, 6.45) is 0. The van der Waals surface area contributed by atoms with Crippen LogP contribution in [0.15, 0.2) is 0 Å². The molecule has 2 rings (SSSR count). The fourth-order valence-corrected chi connectivity index (χ4v) is 1.41. The number of rotatable bonds is 0. The first-order chi connectivity index (χ1) is 3.73. The second-order valence-electron chi connectivity index (χ2n) is 2.55. The van der Waals surface area contributed by atoms with Crippen molar-refractivity contribution in [3.05, 3.63) is 0 Å². The van der Waals surface area contributed by atoms with Crippen molar-refractivity contribution < 1.29 is 8.78 Å². The SMILES string of the molecule is FC1(F)[C@@H]2CNC[C@H]21. The van der Waals surface area contributed by atoms with Crippen LogP contribution in [0.3, 0.4) is 0 Å². The fraction of sp³-hybridized carbons (Fsp3) is 1.00. The molecule has 2 aliphatic rings. The summed E-state index contributed by atoms with van der Waals surface area (Å²) >= 11 is 0. The molecule has 0 aromatic rings. The number of alkyl halides is 2. The van der Waals surface area contributed by atoms with Gasteiger partial charge < -0.3 is 5.32 Å². The Morgan fingerprint density at radius 1 is 1.25 bits per heavy atom. The van der Waals surface area contributed by atoms with E-state index >= 15 is 0 Å². The Morgan fingerprint density at radius 2 is 1.75 bits per heavy atom. The van der Waals surface area contributed by atoms with E-state index < -0.39 is 5.92 Å². The van der Waals surface area contributed by atoms with E-state index in [1.807, 2.05) is 0 Å². The van der Waals surface area contributed by atoms with Crippen molar-refractivity contribution in [3.8, 4) is 0 Å². The molecule has 1 heterocycles. The zero-order chi connectivity index (χ0) is 5.78. The predicted molar refractivity (Wildman–Crippen MR) is 24.8 cm³/mol. The number of piperidine rings is 1. The normalized spacial score (nSPS) is 48.8. The monoisotopic (exact) mass is 119 g/mol. The number of hydrogen-bond acceptors (Lipinski definition) is 1. The van der Waals surface area contributed by atoms with Crippen LogP contribution in [-0.2, 0) is 0 Å². The van der Waals surface area contributed by atoms with Crippen LogP contribution in [0.5, 0.6) is 0 Å². The van der Waals surface area contributed by atoms with Crippen molar-refractivity contribution in [2.45, 2.75) is 5.92 Å². The van der Waals surface area contributed by atoms with Crippen LogP contribution in [0.4, 0.5) is 8.78 Å². The van der Waals surface area contributed by atoms with E-state index in [4.69, 9.17) is 0 Å². The minimum atomic E-state index is -2.30. The van der Waals surface area contributed by atoms with Crippen LogP contribution in [0, 0.1) is 11.8 Å². The molecule has 1 aliphatic carbocycles. The van der Waals surface area contributed by atoms with E-state index in [0.29, 0.717) is 13.1 Å². The third-order valence-corrected chi connectivity index (χ3v) is 2.09. The first kappa shape index (κ1) is 4.68. The molecule has 0 bridgehead atoms. The quantitative estimate of drug-likeness (QED) is 0.488. The lowest BCUT2D eigenvalue weighted by Crippen LogP contribution is -2.19. The summed E-state index contributed by atoms with van der Waals surface area (Å²) < 4.78 is 24.4. The lowest BCUT2D eigenvalue weighted by Gasteiger charge is -1.99. The molecule has 0 spiro atoms. The average Bonchev–Trinajstić information content (AvgIpc) is 2.22. The fourth-order valence-electron chi connectivity index (χ4n) is 1.41. The molecule has 0 amide bonds. The molecule has 8 heavy (non-hydrogen) atoms. The molecule has 0 aromatic carbocycles. The van der Waals surface area contributed by atoms with Crippen LogP contribution >= 0.6 is 0 Å². The summed E-state index contributed by atoms with van der Waals surface area (Å²) in [5, 5.41) is 2.90. The highest BCUT2D eigenvalue weighted by molar-refractivity contribution is 5.11. The van der Waals surface area contributed by atoms with Gasteiger partial charge in [-0.3, -0.25) is 0 Å². The molecular weight excluding hydrogens is 112 g/mol. The van der Waals surface area contributed by atoms with E-state index in [0.717, 1.165) is 0 Å². The van der Waals surface area contributed by atoms with Gasteiger partial charge in [0, 0.05) is 24.9 Å².